The Labute approximate surface area is 128 Å². The van der Waals surface area contributed by atoms with Gasteiger partial charge in [-0.1, -0.05) is 19.9 Å². The smallest absolute Gasteiger partial charge is 0.159 e. The third kappa shape index (κ3) is 3.66. The van der Waals surface area contributed by atoms with Crippen LogP contribution in [0.2, 0.25) is 0 Å². The molecule has 0 spiro atoms. The molecule has 1 unspecified atom stereocenters. The summed E-state index contributed by atoms with van der Waals surface area (Å²) in [6.45, 7) is 6.98. The number of hydrogen-bond acceptors (Lipinski definition) is 3. The van der Waals surface area contributed by atoms with E-state index >= 15 is 0 Å². The van der Waals surface area contributed by atoms with E-state index in [4.69, 9.17) is 0 Å². The van der Waals surface area contributed by atoms with Gasteiger partial charge < -0.3 is 5.32 Å². The second-order valence-corrected chi connectivity index (χ2v) is 6.20. The van der Waals surface area contributed by atoms with Gasteiger partial charge in [-0.05, 0) is 44.0 Å². The van der Waals surface area contributed by atoms with Crippen LogP contribution in [0.15, 0.2) is 18.2 Å². The number of nitrogens with one attached hydrogen (secondary N) is 1. The van der Waals surface area contributed by atoms with E-state index in [1.165, 1.54) is 17.0 Å². The third-order valence-corrected chi connectivity index (χ3v) is 4.44. The summed E-state index contributed by atoms with van der Waals surface area (Å²) in [4.78, 5) is 5.83. The Morgan fingerprint density at radius 2 is 2.00 bits per heavy atom. The van der Waals surface area contributed by atoms with Crippen molar-refractivity contribution in [2.45, 2.75) is 39.7 Å². The zero-order chi connectivity index (χ0) is 15.4. The lowest BCUT2D eigenvalue weighted by Crippen LogP contribution is -2.23. The number of rotatable bonds is 6. The van der Waals surface area contributed by atoms with Crippen molar-refractivity contribution < 1.29 is 8.78 Å². The molecule has 0 radical (unpaired) electrons. The molecule has 5 heteroatoms. The van der Waals surface area contributed by atoms with Crippen molar-refractivity contribution in [3.8, 4) is 0 Å². The minimum atomic E-state index is -0.822. The highest BCUT2D eigenvalue weighted by atomic mass is 32.1. The maximum Gasteiger partial charge on any atom is 0.159 e. The van der Waals surface area contributed by atoms with Gasteiger partial charge in [-0.15, -0.1) is 11.3 Å². The SMILES string of the molecule is CCCNC(c1ccc(F)c(F)c1)c1nc(CC)c(C)s1. The Kier molecular flexibility index (Phi) is 5.42. The number of aryl methyl sites for hydroxylation is 2. The Morgan fingerprint density at radius 1 is 1.24 bits per heavy atom. The fourth-order valence-corrected chi connectivity index (χ4v) is 3.34. The number of halogens is 2. The quantitative estimate of drug-likeness (QED) is 0.856. The molecule has 1 heterocycles. The minimum absolute atomic E-state index is 0.191. The number of thiazole rings is 1. The van der Waals surface area contributed by atoms with E-state index in [1.54, 1.807) is 17.4 Å². The highest BCUT2D eigenvalue weighted by Crippen LogP contribution is 2.29. The van der Waals surface area contributed by atoms with E-state index < -0.39 is 11.6 Å². The van der Waals surface area contributed by atoms with Crippen molar-refractivity contribution >= 4 is 11.3 Å². The first-order chi connectivity index (χ1) is 10.1. The highest BCUT2D eigenvalue weighted by molar-refractivity contribution is 7.11. The molecule has 0 bridgehead atoms. The normalized spacial score (nSPS) is 12.6. The molecule has 0 fully saturated rings. The van der Waals surface area contributed by atoms with Gasteiger partial charge in [0.25, 0.3) is 0 Å². The monoisotopic (exact) mass is 310 g/mol. The van der Waals surface area contributed by atoms with Crippen molar-refractivity contribution in [1.29, 1.82) is 0 Å². The second-order valence-electron chi connectivity index (χ2n) is 4.97. The fraction of sp³-hybridized carbons (Fsp3) is 0.438. The van der Waals surface area contributed by atoms with Crippen molar-refractivity contribution in [2.75, 3.05) is 6.54 Å². The topological polar surface area (TPSA) is 24.9 Å². The third-order valence-electron chi connectivity index (χ3n) is 3.37. The predicted molar refractivity (Wildman–Crippen MR) is 82.7 cm³/mol. The molecule has 0 amide bonds. The lowest BCUT2D eigenvalue weighted by atomic mass is 10.1. The molecule has 0 aliphatic carbocycles. The van der Waals surface area contributed by atoms with E-state index in [9.17, 15) is 8.78 Å². The Hall–Kier alpha value is -1.33. The van der Waals surface area contributed by atoms with Crippen LogP contribution in [0, 0.1) is 18.6 Å². The Balaban J connectivity index is 2.38. The zero-order valence-electron chi connectivity index (χ0n) is 12.5. The summed E-state index contributed by atoms with van der Waals surface area (Å²) in [5, 5.41) is 4.28. The van der Waals surface area contributed by atoms with E-state index in [0.29, 0.717) is 5.56 Å². The number of aromatic nitrogens is 1. The number of benzene rings is 1. The molecular formula is C16H20F2N2S. The van der Waals surface area contributed by atoms with Crippen LogP contribution in [0.3, 0.4) is 0 Å². The summed E-state index contributed by atoms with van der Waals surface area (Å²) >= 11 is 1.61. The second kappa shape index (κ2) is 7.09. The van der Waals surface area contributed by atoms with Crippen LogP contribution in [0.25, 0.3) is 0 Å². The zero-order valence-corrected chi connectivity index (χ0v) is 13.4. The first-order valence-electron chi connectivity index (χ1n) is 7.21. The highest BCUT2D eigenvalue weighted by Gasteiger charge is 2.20. The summed E-state index contributed by atoms with van der Waals surface area (Å²) in [6, 6.07) is 3.86. The van der Waals surface area contributed by atoms with Gasteiger partial charge in [-0.25, -0.2) is 13.8 Å². The van der Waals surface area contributed by atoms with E-state index in [-0.39, 0.29) is 6.04 Å². The first-order valence-corrected chi connectivity index (χ1v) is 8.03. The molecular weight excluding hydrogens is 290 g/mol. The van der Waals surface area contributed by atoms with Crippen molar-refractivity contribution in [3.63, 3.8) is 0 Å². The number of hydrogen-bond donors (Lipinski definition) is 1. The molecule has 1 aromatic carbocycles. The molecule has 0 aliphatic rings. The van der Waals surface area contributed by atoms with Gasteiger partial charge in [0.2, 0.25) is 0 Å². The van der Waals surface area contributed by atoms with Crippen LogP contribution in [0.5, 0.6) is 0 Å². The molecule has 0 saturated carbocycles. The van der Waals surface area contributed by atoms with Crippen LogP contribution in [0.1, 0.15) is 47.5 Å². The Morgan fingerprint density at radius 3 is 2.57 bits per heavy atom. The van der Waals surface area contributed by atoms with E-state index in [2.05, 4.69) is 24.1 Å². The number of nitrogens with zero attached hydrogens (tertiary/aromatic N) is 1. The van der Waals surface area contributed by atoms with Crippen molar-refractivity contribution in [1.82, 2.24) is 10.3 Å². The summed E-state index contributed by atoms with van der Waals surface area (Å²) < 4.78 is 26.6. The molecule has 0 saturated heterocycles. The van der Waals surface area contributed by atoms with Crippen LogP contribution in [0.4, 0.5) is 8.78 Å². The molecule has 21 heavy (non-hydrogen) atoms. The van der Waals surface area contributed by atoms with Crippen molar-refractivity contribution in [2.24, 2.45) is 0 Å². The first kappa shape index (κ1) is 16.0. The molecule has 114 valence electrons. The fourth-order valence-electron chi connectivity index (χ4n) is 2.23. The predicted octanol–water partition coefficient (Wildman–Crippen LogP) is 4.38. The summed E-state index contributed by atoms with van der Waals surface area (Å²) in [7, 11) is 0. The molecule has 2 rings (SSSR count). The van der Waals surface area contributed by atoms with Gasteiger partial charge in [-0.2, -0.15) is 0 Å². The van der Waals surface area contributed by atoms with Crippen LogP contribution >= 0.6 is 11.3 Å². The van der Waals surface area contributed by atoms with Gasteiger partial charge in [0.1, 0.15) is 5.01 Å². The maximum atomic E-state index is 13.5. The summed E-state index contributed by atoms with van der Waals surface area (Å²) in [6.07, 6.45) is 1.84. The average molecular weight is 310 g/mol. The molecule has 1 N–H and O–H groups in total. The van der Waals surface area contributed by atoms with Crippen molar-refractivity contribution in [3.05, 3.63) is 51.0 Å². The molecule has 1 aromatic heterocycles. The molecule has 2 aromatic rings. The van der Waals surface area contributed by atoms with E-state index in [1.807, 2.05) is 6.92 Å². The largest absolute Gasteiger partial charge is 0.304 e. The molecule has 0 aliphatic heterocycles. The lowest BCUT2D eigenvalue weighted by Gasteiger charge is -2.17. The molecule has 2 nitrogen and oxygen atoms in total. The molecule has 1 atom stereocenters. The van der Waals surface area contributed by atoms with Gasteiger partial charge in [0.15, 0.2) is 11.6 Å². The van der Waals surface area contributed by atoms with Gasteiger partial charge in [0.05, 0.1) is 11.7 Å². The Bertz CT molecular complexity index is 610. The standard InChI is InChI=1S/C16H20F2N2S/c1-4-8-19-15(11-6-7-12(17)13(18)9-11)16-20-14(5-2)10(3)21-16/h6-7,9,15,19H,4-5,8H2,1-3H3. The van der Waals surface area contributed by atoms with Gasteiger partial charge in [0, 0.05) is 4.88 Å². The van der Waals surface area contributed by atoms with Gasteiger partial charge in [-0.3, -0.25) is 0 Å². The van der Waals surface area contributed by atoms with Crippen LogP contribution < -0.4 is 5.32 Å². The average Bonchev–Trinajstić information content (AvgIpc) is 2.84. The minimum Gasteiger partial charge on any atom is -0.304 e. The van der Waals surface area contributed by atoms with E-state index in [0.717, 1.165) is 30.1 Å². The van der Waals surface area contributed by atoms with Crippen LogP contribution in [-0.2, 0) is 6.42 Å². The lowest BCUT2D eigenvalue weighted by molar-refractivity contribution is 0.503. The summed E-state index contributed by atoms with van der Waals surface area (Å²) in [5.41, 5.74) is 1.78. The maximum absolute atomic E-state index is 13.5. The van der Waals surface area contributed by atoms with Crippen LogP contribution in [-0.4, -0.2) is 11.5 Å². The van der Waals surface area contributed by atoms with Gasteiger partial charge >= 0.3 is 0 Å². The summed E-state index contributed by atoms with van der Waals surface area (Å²) in [5.74, 6) is -1.64.